The minimum atomic E-state index is -0.108. The van der Waals surface area contributed by atoms with Crippen molar-refractivity contribution in [2.45, 2.75) is 6.61 Å². The fourth-order valence-electron chi connectivity index (χ4n) is 1.76. The van der Waals surface area contributed by atoms with Crippen LogP contribution >= 0.6 is 11.6 Å². The topological polar surface area (TPSA) is 52.8 Å². The monoisotopic (exact) mass is 261 g/mol. The van der Waals surface area contributed by atoms with Gasteiger partial charge in [-0.2, -0.15) is 0 Å². The second-order valence-corrected chi connectivity index (χ2v) is 4.21. The van der Waals surface area contributed by atoms with E-state index in [1.807, 2.05) is 12.1 Å². The Labute approximate surface area is 110 Å². The lowest BCUT2D eigenvalue weighted by atomic mass is 9.98. The summed E-state index contributed by atoms with van der Waals surface area (Å²) in [5.41, 5.74) is 2.56. The lowest BCUT2D eigenvalue weighted by Crippen LogP contribution is -2.07. The van der Waals surface area contributed by atoms with Crippen molar-refractivity contribution in [3.05, 3.63) is 70.2 Å². The molecule has 2 aromatic carbocycles. The molecule has 0 saturated carbocycles. The van der Waals surface area contributed by atoms with E-state index in [1.165, 1.54) is 0 Å². The van der Waals surface area contributed by atoms with Gasteiger partial charge in [0.1, 0.15) is 5.71 Å². The Bertz CT molecular complexity index is 564. The van der Waals surface area contributed by atoms with Gasteiger partial charge in [-0.1, -0.05) is 53.2 Å². The summed E-state index contributed by atoms with van der Waals surface area (Å²) in [5.74, 6) is 0. The van der Waals surface area contributed by atoms with Crippen LogP contribution in [0.15, 0.2) is 53.7 Å². The summed E-state index contributed by atoms with van der Waals surface area (Å²) in [6.07, 6.45) is 0. The van der Waals surface area contributed by atoms with Crippen molar-refractivity contribution in [1.29, 1.82) is 0 Å². The third kappa shape index (κ3) is 2.53. The summed E-state index contributed by atoms with van der Waals surface area (Å²) in [6.45, 7) is -0.108. The van der Waals surface area contributed by atoms with Crippen molar-refractivity contribution in [2.24, 2.45) is 5.16 Å². The largest absolute Gasteiger partial charge is 0.410 e. The predicted molar refractivity (Wildman–Crippen MR) is 71.2 cm³/mol. The van der Waals surface area contributed by atoms with Gasteiger partial charge in [0.15, 0.2) is 0 Å². The Kier molecular flexibility index (Phi) is 3.97. The SMILES string of the molecule is OCc1ccccc1C(=NO)c1ccc(Cl)cc1. The molecule has 0 fully saturated rings. The molecular formula is C14H12ClNO2. The zero-order valence-corrected chi connectivity index (χ0v) is 10.3. The third-order valence-corrected chi connectivity index (χ3v) is 2.91. The Balaban J connectivity index is 2.49. The quantitative estimate of drug-likeness (QED) is 0.507. The van der Waals surface area contributed by atoms with Gasteiger partial charge in [0.2, 0.25) is 0 Å². The molecule has 0 heterocycles. The fraction of sp³-hybridized carbons (Fsp3) is 0.0714. The van der Waals surface area contributed by atoms with Gasteiger partial charge < -0.3 is 10.3 Å². The van der Waals surface area contributed by atoms with Gasteiger partial charge >= 0.3 is 0 Å². The molecule has 0 aliphatic rings. The number of nitrogens with zero attached hydrogens (tertiary/aromatic N) is 1. The minimum absolute atomic E-state index is 0.108. The normalized spacial score (nSPS) is 11.6. The molecule has 0 aliphatic carbocycles. The van der Waals surface area contributed by atoms with Crippen LogP contribution in [0.5, 0.6) is 0 Å². The van der Waals surface area contributed by atoms with Gasteiger partial charge in [0.25, 0.3) is 0 Å². The maximum atomic E-state index is 9.30. The molecule has 0 atom stereocenters. The first-order valence-electron chi connectivity index (χ1n) is 5.43. The van der Waals surface area contributed by atoms with Crippen LogP contribution in [0.2, 0.25) is 5.02 Å². The van der Waals surface area contributed by atoms with Crippen LogP contribution in [0.3, 0.4) is 0 Å². The highest BCUT2D eigenvalue weighted by atomic mass is 35.5. The van der Waals surface area contributed by atoms with E-state index in [-0.39, 0.29) is 6.61 Å². The Morgan fingerprint density at radius 3 is 2.33 bits per heavy atom. The molecule has 0 saturated heterocycles. The van der Waals surface area contributed by atoms with Gasteiger partial charge in [0, 0.05) is 16.1 Å². The number of hydrogen-bond acceptors (Lipinski definition) is 3. The molecule has 0 bridgehead atoms. The number of oxime groups is 1. The molecule has 4 heteroatoms. The Morgan fingerprint density at radius 1 is 1.06 bits per heavy atom. The molecule has 18 heavy (non-hydrogen) atoms. The average molecular weight is 262 g/mol. The highest BCUT2D eigenvalue weighted by molar-refractivity contribution is 6.30. The number of aliphatic hydroxyl groups excluding tert-OH is 1. The highest BCUT2D eigenvalue weighted by Crippen LogP contribution is 2.17. The molecule has 0 unspecified atom stereocenters. The highest BCUT2D eigenvalue weighted by Gasteiger charge is 2.11. The van der Waals surface area contributed by atoms with Crippen LogP contribution < -0.4 is 0 Å². The van der Waals surface area contributed by atoms with Crippen LogP contribution in [0.25, 0.3) is 0 Å². The summed E-state index contributed by atoms with van der Waals surface area (Å²) in [6, 6.07) is 14.2. The van der Waals surface area contributed by atoms with Crippen LogP contribution in [0.4, 0.5) is 0 Å². The molecule has 0 aliphatic heterocycles. The van der Waals surface area contributed by atoms with E-state index in [0.717, 1.165) is 5.56 Å². The molecular weight excluding hydrogens is 250 g/mol. The maximum absolute atomic E-state index is 9.30. The molecule has 2 rings (SSSR count). The van der Waals surface area contributed by atoms with Crippen LogP contribution in [0, 0.1) is 0 Å². The van der Waals surface area contributed by atoms with E-state index >= 15 is 0 Å². The van der Waals surface area contributed by atoms with Crippen LogP contribution in [-0.2, 0) is 6.61 Å². The summed E-state index contributed by atoms with van der Waals surface area (Å²) in [7, 11) is 0. The van der Waals surface area contributed by atoms with Crippen LogP contribution in [-0.4, -0.2) is 16.0 Å². The van der Waals surface area contributed by atoms with Gasteiger partial charge in [-0.25, -0.2) is 0 Å². The summed E-state index contributed by atoms with van der Waals surface area (Å²) in [5, 5.41) is 22.4. The minimum Gasteiger partial charge on any atom is -0.410 e. The zero-order valence-electron chi connectivity index (χ0n) is 9.55. The van der Waals surface area contributed by atoms with Gasteiger partial charge in [0.05, 0.1) is 6.61 Å². The summed E-state index contributed by atoms with van der Waals surface area (Å²) >= 11 is 5.82. The van der Waals surface area contributed by atoms with E-state index < -0.39 is 0 Å². The van der Waals surface area contributed by atoms with E-state index in [2.05, 4.69) is 5.16 Å². The molecule has 92 valence electrons. The average Bonchev–Trinajstić information content (AvgIpc) is 2.42. The first-order valence-corrected chi connectivity index (χ1v) is 5.81. The third-order valence-electron chi connectivity index (χ3n) is 2.66. The first kappa shape index (κ1) is 12.6. The van der Waals surface area contributed by atoms with Gasteiger partial charge in [-0.3, -0.25) is 0 Å². The standard InChI is InChI=1S/C14H12ClNO2/c15-12-7-5-10(6-8-12)14(16-18)13-4-2-1-3-11(13)9-17/h1-8,17-18H,9H2. The number of rotatable bonds is 3. The second-order valence-electron chi connectivity index (χ2n) is 3.77. The van der Waals surface area contributed by atoms with Gasteiger partial charge in [-0.05, 0) is 17.7 Å². The van der Waals surface area contributed by atoms with E-state index in [4.69, 9.17) is 11.6 Å². The van der Waals surface area contributed by atoms with Crippen molar-refractivity contribution >= 4 is 17.3 Å². The molecule has 0 radical (unpaired) electrons. The summed E-state index contributed by atoms with van der Waals surface area (Å²) in [4.78, 5) is 0. The molecule has 0 aromatic heterocycles. The zero-order chi connectivity index (χ0) is 13.0. The van der Waals surface area contributed by atoms with E-state index in [0.29, 0.717) is 21.9 Å². The van der Waals surface area contributed by atoms with E-state index in [9.17, 15) is 10.3 Å². The molecule has 2 N–H and O–H groups in total. The molecule has 0 spiro atoms. The van der Waals surface area contributed by atoms with E-state index in [1.54, 1.807) is 36.4 Å². The molecule has 2 aromatic rings. The van der Waals surface area contributed by atoms with Crippen molar-refractivity contribution < 1.29 is 10.3 Å². The Morgan fingerprint density at radius 2 is 1.72 bits per heavy atom. The van der Waals surface area contributed by atoms with Crippen LogP contribution in [0.1, 0.15) is 16.7 Å². The van der Waals surface area contributed by atoms with Gasteiger partial charge in [-0.15, -0.1) is 0 Å². The van der Waals surface area contributed by atoms with Crippen molar-refractivity contribution in [2.75, 3.05) is 0 Å². The van der Waals surface area contributed by atoms with Crippen molar-refractivity contribution in [3.63, 3.8) is 0 Å². The smallest absolute Gasteiger partial charge is 0.117 e. The number of hydrogen-bond donors (Lipinski definition) is 2. The lowest BCUT2D eigenvalue weighted by molar-refractivity contribution is 0.281. The first-order chi connectivity index (χ1) is 8.76. The molecule has 3 nitrogen and oxygen atoms in total. The summed E-state index contributed by atoms with van der Waals surface area (Å²) < 4.78 is 0. The maximum Gasteiger partial charge on any atom is 0.117 e. The predicted octanol–water partition coefficient (Wildman–Crippen LogP) is 3.06. The number of benzene rings is 2. The number of aliphatic hydroxyl groups is 1. The lowest BCUT2D eigenvalue weighted by Gasteiger charge is -2.09. The second kappa shape index (κ2) is 5.67. The van der Waals surface area contributed by atoms with Crippen molar-refractivity contribution in [1.82, 2.24) is 0 Å². The number of halogens is 1. The fourth-order valence-corrected chi connectivity index (χ4v) is 1.89. The Hall–Kier alpha value is -1.84. The van der Waals surface area contributed by atoms with Crippen molar-refractivity contribution in [3.8, 4) is 0 Å². The molecule has 0 amide bonds.